The van der Waals surface area contributed by atoms with Crippen LogP contribution in [0.3, 0.4) is 0 Å². The first-order chi connectivity index (χ1) is 11.9. The molecule has 0 fully saturated rings. The minimum absolute atomic E-state index is 0.196. The normalized spacial score (nSPS) is 11.2. The molecule has 0 aliphatic heterocycles. The Labute approximate surface area is 147 Å². The Morgan fingerprint density at radius 2 is 0.625 bits per heavy atom. The molecule has 6 heteroatoms. The molecule has 0 bridgehead atoms. The molecule has 0 rings (SSSR count). The van der Waals surface area contributed by atoms with Crippen LogP contribution in [0.2, 0.25) is 0 Å². The van der Waals surface area contributed by atoms with Gasteiger partial charge in [-0.2, -0.15) is 0 Å². The fourth-order valence-electron chi connectivity index (χ4n) is 2.03. The SMILES string of the molecule is OCCCOCCCOCCCCCCOCCCOCCCO. The summed E-state index contributed by atoms with van der Waals surface area (Å²) in [5.74, 6) is 0. The molecule has 0 aliphatic rings. The monoisotopic (exact) mass is 350 g/mol. The second kappa shape index (κ2) is 22.8. The Morgan fingerprint density at radius 3 is 0.958 bits per heavy atom. The summed E-state index contributed by atoms with van der Waals surface area (Å²) in [4.78, 5) is 0. The minimum atomic E-state index is 0.196. The highest BCUT2D eigenvalue weighted by Crippen LogP contribution is 2.01. The van der Waals surface area contributed by atoms with Gasteiger partial charge in [0, 0.05) is 66.1 Å². The lowest BCUT2D eigenvalue weighted by molar-refractivity contribution is 0.0715. The van der Waals surface area contributed by atoms with E-state index in [4.69, 9.17) is 29.2 Å². The third-order valence-corrected chi connectivity index (χ3v) is 3.38. The molecule has 0 unspecified atom stereocenters. The topological polar surface area (TPSA) is 77.4 Å². The molecule has 0 amide bonds. The van der Waals surface area contributed by atoms with Gasteiger partial charge in [-0.05, 0) is 38.5 Å². The van der Waals surface area contributed by atoms with Crippen LogP contribution in [0.4, 0.5) is 0 Å². The predicted octanol–water partition coefficient (Wildman–Crippen LogP) is 2.16. The molecule has 0 aliphatic carbocycles. The molecule has 0 aromatic heterocycles. The summed E-state index contributed by atoms with van der Waals surface area (Å²) in [7, 11) is 0. The van der Waals surface area contributed by atoms with Gasteiger partial charge >= 0.3 is 0 Å². The van der Waals surface area contributed by atoms with E-state index in [-0.39, 0.29) is 13.2 Å². The van der Waals surface area contributed by atoms with Gasteiger partial charge in [-0.25, -0.2) is 0 Å². The summed E-state index contributed by atoms with van der Waals surface area (Å²) in [6, 6.07) is 0. The lowest BCUT2D eigenvalue weighted by Crippen LogP contribution is -2.04. The fourth-order valence-corrected chi connectivity index (χ4v) is 2.03. The van der Waals surface area contributed by atoms with Gasteiger partial charge in [0.25, 0.3) is 0 Å². The fraction of sp³-hybridized carbons (Fsp3) is 1.00. The third kappa shape index (κ3) is 21.8. The summed E-state index contributed by atoms with van der Waals surface area (Å²) in [5.41, 5.74) is 0. The molecule has 0 heterocycles. The van der Waals surface area contributed by atoms with Crippen molar-refractivity contribution in [1.82, 2.24) is 0 Å². The van der Waals surface area contributed by atoms with Crippen LogP contribution in [0.1, 0.15) is 51.4 Å². The van der Waals surface area contributed by atoms with E-state index in [0.717, 1.165) is 52.1 Å². The molecule has 0 saturated heterocycles. The first kappa shape index (κ1) is 23.8. The van der Waals surface area contributed by atoms with Crippen molar-refractivity contribution in [3.8, 4) is 0 Å². The quantitative estimate of drug-likeness (QED) is 0.309. The Bertz CT molecular complexity index is 194. The van der Waals surface area contributed by atoms with E-state index in [1.807, 2.05) is 0 Å². The van der Waals surface area contributed by atoms with E-state index in [1.54, 1.807) is 0 Å². The maximum atomic E-state index is 8.59. The van der Waals surface area contributed by atoms with Crippen LogP contribution in [0.15, 0.2) is 0 Å². The molecule has 2 N–H and O–H groups in total. The summed E-state index contributed by atoms with van der Waals surface area (Å²) >= 11 is 0. The molecule has 146 valence electrons. The number of hydrogen-bond donors (Lipinski definition) is 2. The van der Waals surface area contributed by atoms with Crippen LogP contribution in [0, 0.1) is 0 Å². The zero-order valence-corrected chi connectivity index (χ0v) is 15.3. The number of rotatable bonds is 21. The molecule has 0 atom stereocenters. The largest absolute Gasteiger partial charge is 0.396 e. The van der Waals surface area contributed by atoms with Crippen LogP contribution in [0.5, 0.6) is 0 Å². The smallest absolute Gasteiger partial charge is 0.0488 e. The second-order valence-corrected chi connectivity index (χ2v) is 5.73. The van der Waals surface area contributed by atoms with Gasteiger partial charge in [0.15, 0.2) is 0 Å². The highest BCUT2D eigenvalue weighted by atomic mass is 16.5. The highest BCUT2D eigenvalue weighted by Gasteiger charge is 1.94. The van der Waals surface area contributed by atoms with Crippen molar-refractivity contribution in [2.75, 3.05) is 66.1 Å². The van der Waals surface area contributed by atoms with Crippen LogP contribution in [-0.2, 0) is 18.9 Å². The molecule has 0 aromatic carbocycles. The predicted molar refractivity (Wildman–Crippen MR) is 94.4 cm³/mol. The second-order valence-electron chi connectivity index (χ2n) is 5.73. The molecule has 0 spiro atoms. The van der Waals surface area contributed by atoms with Crippen LogP contribution in [0.25, 0.3) is 0 Å². The van der Waals surface area contributed by atoms with Crippen molar-refractivity contribution in [2.24, 2.45) is 0 Å². The number of hydrogen-bond acceptors (Lipinski definition) is 6. The maximum Gasteiger partial charge on any atom is 0.0488 e. The lowest BCUT2D eigenvalue weighted by Gasteiger charge is -2.06. The van der Waals surface area contributed by atoms with Gasteiger partial charge < -0.3 is 29.2 Å². The number of aliphatic hydroxyl groups excluding tert-OH is 2. The Balaban J connectivity index is 2.93. The van der Waals surface area contributed by atoms with Crippen LogP contribution >= 0.6 is 0 Å². The summed E-state index contributed by atoms with van der Waals surface area (Å²) < 4.78 is 21.8. The maximum absolute atomic E-state index is 8.59. The van der Waals surface area contributed by atoms with Gasteiger partial charge in [0.2, 0.25) is 0 Å². The molecule has 24 heavy (non-hydrogen) atoms. The number of ether oxygens (including phenoxy) is 4. The van der Waals surface area contributed by atoms with E-state index >= 15 is 0 Å². The van der Waals surface area contributed by atoms with Crippen molar-refractivity contribution >= 4 is 0 Å². The van der Waals surface area contributed by atoms with Gasteiger partial charge in [0.05, 0.1) is 0 Å². The van der Waals surface area contributed by atoms with E-state index in [0.29, 0.717) is 39.3 Å². The van der Waals surface area contributed by atoms with Crippen LogP contribution < -0.4 is 0 Å². The summed E-state index contributed by atoms with van der Waals surface area (Å²) in [5, 5.41) is 17.2. The van der Waals surface area contributed by atoms with Crippen molar-refractivity contribution < 1.29 is 29.2 Å². The van der Waals surface area contributed by atoms with E-state index in [2.05, 4.69) is 0 Å². The van der Waals surface area contributed by atoms with Crippen molar-refractivity contribution in [1.29, 1.82) is 0 Å². The van der Waals surface area contributed by atoms with Gasteiger partial charge in [-0.1, -0.05) is 12.8 Å². The summed E-state index contributed by atoms with van der Waals surface area (Å²) in [6.07, 6.45) is 7.83. The van der Waals surface area contributed by atoms with Gasteiger partial charge in [-0.3, -0.25) is 0 Å². The van der Waals surface area contributed by atoms with Crippen LogP contribution in [-0.4, -0.2) is 76.3 Å². The zero-order valence-electron chi connectivity index (χ0n) is 15.3. The van der Waals surface area contributed by atoms with E-state index in [9.17, 15) is 0 Å². The first-order valence-electron chi connectivity index (χ1n) is 9.44. The van der Waals surface area contributed by atoms with Gasteiger partial charge in [0.1, 0.15) is 0 Å². The third-order valence-electron chi connectivity index (χ3n) is 3.38. The molecule has 0 radical (unpaired) electrons. The molecule has 0 saturated carbocycles. The Kier molecular flexibility index (Phi) is 22.5. The molecule has 0 aromatic rings. The van der Waals surface area contributed by atoms with Crippen molar-refractivity contribution in [2.45, 2.75) is 51.4 Å². The molecular weight excluding hydrogens is 312 g/mol. The number of aliphatic hydroxyl groups is 2. The molecule has 6 nitrogen and oxygen atoms in total. The van der Waals surface area contributed by atoms with E-state index in [1.165, 1.54) is 12.8 Å². The lowest BCUT2D eigenvalue weighted by atomic mass is 10.2. The zero-order chi connectivity index (χ0) is 17.6. The summed E-state index contributed by atoms with van der Waals surface area (Å²) in [6.45, 7) is 6.23. The van der Waals surface area contributed by atoms with Crippen molar-refractivity contribution in [3.63, 3.8) is 0 Å². The van der Waals surface area contributed by atoms with E-state index < -0.39 is 0 Å². The average Bonchev–Trinajstić information content (AvgIpc) is 2.60. The number of unbranched alkanes of at least 4 members (excludes halogenated alkanes) is 3. The first-order valence-corrected chi connectivity index (χ1v) is 9.44. The minimum Gasteiger partial charge on any atom is -0.396 e. The van der Waals surface area contributed by atoms with Crippen molar-refractivity contribution in [3.05, 3.63) is 0 Å². The Hall–Kier alpha value is -0.240. The Morgan fingerprint density at radius 1 is 0.333 bits per heavy atom. The highest BCUT2D eigenvalue weighted by molar-refractivity contribution is 4.44. The molecular formula is C18H38O6. The average molecular weight is 350 g/mol. The van der Waals surface area contributed by atoms with Gasteiger partial charge in [-0.15, -0.1) is 0 Å². The standard InChI is InChI=1S/C18H38O6/c19-9-5-13-23-17-7-15-21-11-3-1-2-4-12-22-16-8-18-24-14-6-10-20/h19-20H,1-18H2.